The number of halogens is 1. The number of nitro groups is 1. The summed E-state index contributed by atoms with van der Waals surface area (Å²) >= 11 is 0. The van der Waals surface area contributed by atoms with Crippen LogP contribution in [0.25, 0.3) is 0 Å². The highest BCUT2D eigenvalue weighted by molar-refractivity contribution is 5.79. The van der Waals surface area contributed by atoms with Crippen molar-refractivity contribution in [2.75, 3.05) is 16.8 Å². The molecule has 1 N–H and O–H groups in total. The summed E-state index contributed by atoms with van der Waals surface area (Å²) in [7, 11) is 0. The van der Waals surface area contributed by atoms with Gasteiger partial charge in [0.1, 0.15) is 12.1 Å². The van der Waals surface area contributed by atoms with E-state index >= 15 is 0 Å². The number of para-hydroxylation sites is 1. The first-order valence-corrected chi connectivity index (χ1v) is 8.51. The minimum Gasteiger partial charge on any atom is -0.334 e. The van der Waals surface area contributed by atoms with Crippen LogP contribution in [0.4, 0.5) is 33.1 Å². The zero-order valence-electron chi connectivity index (χ0n) is 14.3. The van der Waals surface area contributed by atoms with Crippen LogP contribution in [-0.4, -0.2) is 21.4 Å². The summed E-state index contributed by atoms with van der Waals surface area (Å²) in [6.45, 7) is 0.630. The lowest BCUT2D eigenvalue weighted by Gasteiger charge is -2.30. The van der Waals surface area contributed by atoms with Gasteiger partial charge in [-0.25, -0.2) is 14.4 Å². The molecule has 136 valence electrons. The van der Waals surface area contributed by atoms with E-state index in [1.54, 1.807) is 0 Å². The third-order valence-electron chi connectivity index (χ3n) is 4.46. The first-order chi connectivity index (χ1) is 13.1. The number of fused-ring (bicyclic) bond motifs is 1. The Kier molecular flexibility index (Phi) is 4.37. The quantitative estimate of drug-likeness (QED) is 0.546. The van der Waals surface area contributed by atoms with Crippen molar-refractivity contribution < 1.29 is 9.31 Å². The van der Waals surface area contributed by atoms with Crippen molar-refractivity contribution >= 4 is 28.7 Å². The molecule has 0 aliphatic carbocycles. The molecule has 0 spiro atoms. The highest BCUT2D eigenvalue weighted by atomic mass is 19.1. The van der Waals surface area contributed by atoms with Crippen LogP contribution < -0.4 is 10.2 Å². The minimum absolute atomic E-state index is 0.0691. The maximum Gasteiger partial charge on any atom is 0.354 e. The molecule has 0 saturated carbocycles. The molecule has 0 unspecified atom stereocenters. The van der Waals surface area contributed by atoms with Gasteiger partial charge in [-0.05, 0) is 48.7 Å². The van der Waals surface area contributed by atoms with E-state index in [0.29, 0.717) is 12.2 Å². The number of benzene rings is 2. The molecule has 3 aromatic rings. The van der Waals surface area contributed by atoms with Gasteiger partial charge in [-0.3, -0.25) is 10.1 Å². The number of nitrogens with zero attached hydrogens (tertiary/aromatic N) is 4. The molecule has 2 aromatic carbocycles. The van der Waals surface area contributed by atoms with Crippen LogP contribution in [0, 0.1) is 15.9 Å². The van der Waals surface area contributed by atoms with Gasteiger partial charge in [0.15, 0.2) is 0 Å². The molecule has 0 radical (unpaired) electrons. The van der Waals surface area contributed by atoms with Crippen LogP contribution in [0.5, 0.6) is 0 Å². The van der Waals surface area contributed by atoms with Crippen molar-refractivity contribution in [3.63, 3.8) is 0 Å². The van der Waals surface area contributed by atoms with Gasteiger partial charge in [-0.15, -0.1) is 0 Å². The van der Waals surface area contributed by atoms with Crippen molar-refractivity contribution in [2.45, 2.75) is 12.8 Å². The largest absolute Gasteiger partial charge is 0.354 e. The number of anilines is 4. The molecule has 1 aliphatic heterocycles. The summed E-state index contributed by atoms with van der Waals surface area (Å²) in [5, 5.41) is 14.7. The zero-order chi connectivity index (χ0) is 18.8. The maximum absolute atomic E-state index is 13.1. The van der Waals surface area contributed by atoms with E-state index in [-0.39, 0.29) is 23.1 Å². The Labute approximate surface area is 154 Å². The predicted molar refractivity (Wildman–Crippen MR) is 100 cm³/mol. The Balaban J connectivity index is 1.78. The summed E-state index contributed by atoms with van der Waals surface area (Å²) in [4.78, 5) is 21.5. The summed E-state index contributed by atoms with van der Waals surface area (Å²) in [5.41, 5.74) is 2.34. The lowest BCUT2D eigenvalue weighted by Crippen LogP contribution is -2.26. The SMILES string of the molecule is O=[N+]([O-])c1c(Nc2ccc(F)cc2)ncnc1N1CCCc2ccccc21. The predicted octanol–water partition coefficient (Wildman–Crippen LogP) is 4.35. The second kappa shape index (κ2) is 6.99. The fourth-order valence-electron chi connectivity index (χ4n) is 3.25. The van der Waals surface area contributed by atoms with E-state index in [1.807, 2.05) is 29.2 Å². The third-order valence-corrected chi connectivity index (χ3v) is 4.46. The zero-order valence-corrected chi connectivity index (χ0v) is 14.3. The molecule has 7 nitrogen and oxygen atoms in total. The lowest BCUT2D eigenvalue weighted by molar-refractivity contribution is -0.383. The second-order valence-electron chi connectivity index (χ2n) is 6.17. The first-order valence-electron chi connectivity index (χ1n) is 8.51. The van der Waals surface area contributed by atoms with Gasteiger partial charge in [0, 0.05) is 17.9 Å². The Morgan fingerprint density at radius 3 is 2.67 bits per heavy atom. The standard InChI is InChI=1S/C19H16FN5O2/c20-14-7-9-15(10-8-14)23-18-17(25(26)27)19(22-12-21-18)24-11-3-5-13-4-1-2-6-16(13)24/h1-2,4,6-10,12H,3,5,11H2,(H,21,22,23). The van der Waals surface area contributed by atoms with Crippen molar-refractivity contribution in [2.24, 2.45) is 0 Å². The monoisotopic (exact) mass is 365 g/mol. The van der Waals surface area contributed by atoms with E-state index in [2.05, 4.69) is 15.3 Å². The number of hydrogen-bond donors (Lipinski definition) is 1. The molecular weight excluding hydrogens is 349 g/mol. The van der Waals surface area contributed by atoms with Gasteiger partial charge in [0.2, 0.25) is 11.6 Å². The van der Waals surface area contributed by atoms with Crippen LogP contribution in [0.2, 0.25) is 0 Å². The molecule has 4 rings (SSSR count). The molecule has 0 fully saturated rings. The highest BCUT2D eigenvalue weighted by Crippen LogP contribution is 2.40. The average molecular weight is 365 g/mol. The maximum atomic E-state index is 13.1. The van der Waals surface area contributed by atoms with Gasteiger partial charge < -0.3 is 10.2 Å². The van der Waals surface area contributed by atoms with Crippen molar-refractivity contribution in [3.05, 3.63) is 76.4 Å². The Morgan fingerprint density at radius 1 is 1.11 bits per heavy atom. The van der Waals surface area contributed by atoms with Crippen molar-refractivity contribution in [3.8, 4) is 0 Å². The molecular formula is C19H16FN5O2. The number of rotatable bonds is 4. The van der Waals surface area contributed by atoms with Gasteiger partial charge >= 0.3 is 5.69 Å². The van der Waals surface area contributed by atoms with E-state index in [4.69, 9.17) is 0 Å². The second-order valence-corrected chi connectivity index (χ2v) is 6.17. The average Bonchev–Trinajstić information content (AvgIpc) is 2.69. The van der Waals surface area contributed by atoms with E-state index < -0.39 is 4.92 Å². The van der Waals surface area contributed by atoms with Gasteiger partial charge in [0.05, 0.1) is 4.92 Å². The molecule has 0 saturated heterocycles. The number of nitrogens with one attached hydrogen (secondary N) is 1. The van der Waals surface area contributed by atoms with Crippen LogP contribution in [0.15, 0.2) is 54.9 Å². The molecule has 1 aromatic heterocycles. The Hall–Kier alpha value is -3.55. The molecule has 0 bridgehead atoms. The smallest absolute Gasteiger partial charge is 0.334 e. The van der Waals surface area contributed by atoms with Crippen LogP contribution >= 0.6 is 0 Å². The number of aromatic nitrogens is 2. The Bertz CT molecular complexity index is 994. The third kappa shape index (κ3) is 3.29. The minimum atomic E-state index is -0.488. The van der Waals surface area contributed by atoms with E-state index in [0.717, 1.165) is 24.1 Å². The van der Waals surface area contributed by atoms with Gasteiger partial charge in [-0.1, -0.05) is 18.2 Å². The molecule has 0 amide bonds. The lowest BCUT2D eigenvalue weighted by atomic mass is 10.0. The van der Waals surface area contributed by atoms with E-state index in [1.165, 1.54) is 30.6 Å². The molecule has 0 atom stereocenters. The van der Waals surface area contributed by atoms with Gasteiger partial charge in [-0.2, -0.15) is 0 Å². The topological polar surface area (TPSA) is 84.2 Å². The highest BCUT2D eigenvalue weighted by Gasteiger charge is 2.30. The van der Waals surface area contributed by atoms with Crippen LogP contribution in [0.1, 0.15) is 12.0 Å². The molecule has 8 heteroatoms. The van der Waals surface area contributed by atoms with Crippen molar-refractivity contribution in [1.29, 1.82) is 0 Å². The van der Waals surface area contributed by atoms with Crippen molar-refractivity contribution in [1.82, 2.24) is 9.97 Å². The summed E-state index contributed by atoms with van der Waals surface area (Å²) < 4.78 is 13.1. The molecule has 1 aliphatic rings. The summed E-state index contributed by atoms with van der Waals surface area (Å²) in [6, 6.07) is 13.4. The first kappa shape index (κ1) is 16.9. The number of aryl methyl sites for hydroxylation is 1. The fraction of sp³-hybridized carbons (Fsp3) is 0.158. The fourth-order valence-corrected chi connectivity index (χ4v) is 3.25. The summed E-state index contributed by atoms with van der Waals surface area (Å²) in [6.07, 6.45) is 3.09. The summed E-state index contributed by atoms with van der Waals surface area (Å²) in [5.74, 6) is -0.0743. The van der Waals surface area contributed by atoms with Gasteiger partial charge in [0.25, 0.3) is 0 Å². The van der Waals surface area contributed by atoms with E-state index in [9.17, 15) is 14.5 Å². The number of hydrogen-bond acceptors (Lipinski definition) is 6. The Morgan fingerprint density at radius 2 is 1.89 bits per heavy atom. The van der Waals surface area contributed by atoms with Crippen LogP contribution in [-0.2, 0) is 6.42 Å². The normalized spacial score (nSPS) is 13.1. The molecule has 27 heavy (non-hydrogen) atoms. The molecule has 2 heterocycles. The van der Waals surface area contributed by atoms with Crippen LogP contribution in [0.3, 0.4) is 0 Å².